The van der Waals surface area contributed by atoms with Gasteiger partial charge in [0.1, 0.15) is 5.82 Å². The predicted octanol–water partition coefficient (Wildman–Crippen LogP) is 3.19. The number of aromatic nitrogens is 2. The molecule has 1 aromatic heterocycles. The maximum Gasteiger partial charge on any atom is 0.130 e. The number of aryl methyl sites for hydroxylation is 2. The zero-order valence-electron chi connectivity index (χ0n) is 10.9. The molecule has 0 fully saturated rings. The Morgan fingerprint density at radius 3 is 2.47 bits per heavy atom. The maximum atomic E-state index is 6.14. The lowest BCUT2D eigenvalue weighted by atomic mass is 10.1. The van der Waals surface area contributed by atoms with Crippen LogP contribution in [0.5, 0.6) is 0 Å². The van der Waals surface area contributed by atoms with Gasteiger partial charge in [-0.05, 0) is 31.4 Å². The molecule has 0 saturated carbocycles. The molecule has 1 heterocycles. The first kappa shape index (κ1) is 11.7. The van der Waals surface area contributed by atoms with Gasteiger partial charge in [-0.1, -0.05) is 31.5 Å². The average molecular weight is 229 g/mol. The molecule has 0 aliphatic rings. The second kappa shape index (κ2) is 4.24. The summed E-state index contributed by atoms with van der Waals surface area (Å²) in [5, 5.41) is 4.39. The lowest BCUT2D eigenvalue weighted by Crippen LogP contribution is -2.05. The molecule has 0 saturated heterocycles. The summed E-state index contributed by atoms with van der Waals surface area (Å²) in [6.07, 6.45) is 1.86. The highest BCUT2D eigenvalue weighted by Crippen LogP contribution is 2.25. The molecule has 2 aromatic rings. The van der Waals surface area contributed by atoms with Crippen LogP contribution in [0.3, 0.4) is 0 Å². The maximum absolute atomic E-state index is 6.14. The van der Waals surface area contributed by atoms with E-state index in [9.17, 15) is 0 Å². The lowest BCUT2D eigenvalue weighted by Gasteiger charge is -2.10. The van der Waals surface area contributed by atoms with Gasteiger partial charge in [-0.3, -0.25) is 0 Å². The van der Waals surface area contributed by atoms with E-state index in [2.05, 4.69) is 51.0 Å². The fourth-order valence-electron chi connectivity index (χ4n) is 2.05. The number of nitrogens with zero attached hydrogens (tertiary/aromatic N) is 2. The van der Waals surface area contributed by atoms with Gasteiger partial charge in [0.25, 0.3) is 0 Å². The van der Waals surface area contributed by atoms with Gasteiger partial charge < -0.3 is 5.73 Å². The van der Waals surface area contributed by atoms with Crippen LogP contribution in [0.2, 0.25) is 0 Å². The minimum atomic E-state index is 0.398. The van der Waals surface area contributed by atoms with E-state index in [1.807, 2.05) is 10.9 Å². The molecule has 3 heteroatoms. The molecule has 2 rings (SSSR count). The Morgan fingerprint density at radius 1 is 1.24 bits per heavy atom. The Bertz CT molecular complexity index is 538. The first-order valence-electron chi connectivity index (χ1n) is 5.91. The highest BCUT2D eigenvalue weighted by atomic mass is 15.3. The summed E-state index contributed by atoms with van der Waals surface area (Å²) < 4.78 is 1.82. The molecule has 0 radical (unpaired) electrons. The van der Waals surface area contributed by atoms with Crippen molar-refractivity contribution in [3.8, 4) is 5.69 Å². The van der Waals surface area contributed by atoms with Crippen molar-refractivity contribution in [3.05, 3.63) is 41.1 Å². The van der Waals surface area contributed by atoms with E-state index in [1.165, 1.54) is 11.1 Å². The van der Waals surface area contributed by atoms with Crippen LogP contribution in [-0.4, -0.2) is 9.78 Å². The smallest absolute Gasteiger partial charge is 0.130 e. The van der Waals surface area contributed by atoms with Crippen molar-refractivity contribution in [2.75, 3.05) is 5.73 Å². The van der Waals surface area contributed by atoms with Crippen molar-refractivity contribution in [3.63, 3.8) is 0 Å². The monoisotopic (exact) mass is 229 g/mol. The summed E-state index contributed by atoms with van der Waals surface area (Å²) in [6, 6.07) is 6.29. The average Bonchev–Trinajstić information content (AvgIpc) is 2.60. The van der Waals surface area contributed by atoms with E-state index in [0.29, 0.717) is 5.92 Å². The van der Waals surface area contributed by atoms with Crippen molar-refractivity contribution < 1.29 is 0 Å². The molecule has 0 unspecified atom stereocenters. The minimum Gasteiger partial charge on any atom is -0.383 e. The third-order valence-corrected chi connectivity index (χ3v) is 3.04. The Morgan fingerprint density at radius 2 is 1.94 bits per heavy atom. The van der Waals surface area contributed by atoms with Crippen LogP contribution < -0.4 is 5.73 Å². The fraction of sp³-hybridized carbons (Fsp3) is 0.357. The largest absolute Gasteiger partial charge is 0.383 e. The van der Waals surface area contributed by atoms with Crippen LogP contribution in [0.4, 0.5) is 5.82 Å². The molecule has 0 spiro atoms. The Kier molecular flexibility index (Phi) is 2.92. The summed E-state index contributed by atoms with van der Waals surface area (Å²) in [5.41, 5.74) is 10.7. The first-order chi connectivity index (χ1) is 8.00. The van der Waals surface area contributed by atoms with Crippen molar-refractivity contribution >= 4 is 5.82 Å². The van der Waals surface area contributed by atoms with Gasteiger partial charge in [0, 0.05) is 5.56 Å². The van der Waals surface area contributed by atoms with E-state index in [4.69, 9.17) is 5.73 Å². The van der Waals surface area contributed by atoms with Crippen molar-refractivity contribution in [1.29, 1.82) is 0 Å². The van der Waals surface area contributed by atoms with E-state index in [-0.39, 0.29) is 0 Å². The highest BCUT2D eigenvalue weighted by Gasteiger charge is 2.12. The van der Waals surface area contributed by atoms with E-state index < -0.39 is 0 Å². The predicted molar refractivity (Wildman–Crippen MR) is 71.5 cm³/mol. The lowest BCUT2D eigenvalue weighted by molar-refractivity contribution is 0.865. The topological polar surface area (TPSA) is 43.8 Å². The summed E-state index contributed by atoms with van der Waals surface area (Å²) in [5.74, 6) is 1.14. The van der Waals surface area contributed by atoms with Gasteiger partial charge in [0.05, 0.1) is 11.9 Å². The zero-order valence-corrected chi connectivity index (χ0v) is 10.9. The van der Waals surface area contributed by atoms with Crippen LogP contribution >= 0.6 is 0 Å². The molecule has 0 bridgehead atoms. The summed E-state index contributed by atoms with van der Waals surface area (Å²) in [6.45, 7) is 8.42. The molecule has 90 valence electrons. The third-order valence-electron chi connectivity index (χ3n) is 3.04. The van der Waals surface area contributed by atoms with E-state index >= 15 is 0 Å². The first-order valence-corrected chi connectivity index (χ1v) is 5.91. The van der Waals surface area contributed by atoms with E-state index in [0.717, 1.165) is 17.1 Å². The van der Waals surface area contributed by atoms with Gasteiger partial charge >= 0.3 is 0 Å². The SMILES string of the molecule is Cc1ccc(-n2ncc(C(C)C)c2N)c(C)c1. The fourth-order valence-corrected chi connectivity index (χ4v) is 2.05. The third kappa shape index (κ3) is 2.05. The molecule has 0 atom stereocenters. The normalized spacial score (nSPS) is 11.1. The van der Waals surface area contributed by atoms with Crippen LogP contribution in [0.15, 0.2) is 24.4 Å². The molecule has 0 aliphatic carbocycles. The van der Waals surface area contributed by atoms with Gasteiger partial charge in [-0.2, -0.15) is 5.10 Å². The Labute approximate surface area is 102 Å². The number of hydrogen-bond donors (Lipinski definition) is 1. The van der Waals surface area contributed by atoms with Crippen LogP contribution in [0, 0.1) is 13.8 Å². The van der Waals surface area contributed by atoms with Gasteiger partial charge in [-0.25, -0.2) is 4.68 Å². The molecule has 3 nitrogen and oxygen atoms in total. The summed E-state index contributed by atoms with van der Waals surface area (Å²) in [7, 11) is 0. The number of nitrogen functional groups attached to an aromatic ring is 1. The second-order valence-electron chi connectivity index (χ2n) is 4.84. The van der Waals surface area contributed by atoms with Gasteiger partial charge in [0.2, 0.25) is 0 Å². The minimum absolute atomic E-state index is 0.398. The Balaban J connectivity index is 2.54. The number of nitrogens with two attached hydrogens (primary N) is 1. The molecular formula is C14H19N3. The summed E-state index contributed by atoms with van der Waals surface area (Å²) in [4.78, 5) is 0. The van der Waals surface area contributed by atoms with Crippen LogP contribution in [-0.2, 0) is 0 Å². The Hall–Kier alpha value is -1.77. The molecular weight excluding hydrogens is 210 g/mol. The standard InChI is InChI=1S/C14H19N3/c1-9(2)12-8-16-17(14(12)15)13-6-5-10(3)7-11(13)4/h5-9H,15H2,1-4H3. The van der Waals surface area contributed by atoms with Gasteiger partial charge in [-0.15, -0.1) is 0 Å². The van der Waals surface area contributed by atoms with Crippen LogP contribution in [0.25, 0.3) is 5.69 Å². The van der Waals surface area contributed by atoms with E-state index in [1.54, 1.807) is 0 Å². The number of hydrogen-bond acceptors (Lipinski definition) is 2. The summed E-state index contributed by atoms with van der Waals surface area (Å²) >= 11 is 0. The molecule has 2 N–H and O–H groups in total. The molecule has 1 aromatic carbocycles. The van der Waals surface area contributed by atoms with Gasteiger partial charge in [0.15, 0.2) is 0 Å². The quantitative estimate of drug-likeness (QED) is 0.859. The van der Waals surface area contributed by atoms with Crippen molar-refractivity contribution in [2.45, 2.75) is 33.6 Å². The van der Waals surface area contributed by atoms with Crippen molar-refractivity contribution in [1.82, 2.24) is 9.78 Å². The number of anilines is 1. The highest BCUT2D eigenvalue weighted by molar-refractivity contribution is 5.51. The molecule has 0 aliphatic heterocycles. The number of benzene rings is 1. The molecule has 17 heavy (non-hydrogen) atoms. The second-order valence-corrected chi connectivity index (χ2v) is 4.84. The number of rotatable bonds is 2. The van der Waals surface area contributed by atoms with Crippen LogP contribution in [0.1, 0.15) is 36.5 Å². The zero-order chi connectivity index (χ0) is 12.6. The van der Waals surface area contributed by atoms with Crippen molar-refractivity contribution in [2.24, 2.45) is 0 Å². The molecule has 0 amide bonds.